The van der Waals surface area contributed by atoms with Gasteiger partial charge in [0, 0.05) is 12.6 Å². The standard InChI is InChI=1S/C13H28N2/c1-11(2)13-7-5-6-8-15(13)10-12(3)9-14-4/h11-14H,5-10H2,1-4H3. The third-order valence-corrected chi connectivity index (χ3v) is 3.53. The van der Waals surface area contributed by atoms with Crippen molar-refractivity contribution in [3.05, 3.63) is 0 Å². The highest BCUT2D eigenvalue weighted by atomic mass is 15.2. The molecule has 0 spiro atoms. The second-order valence-corrected chi connectivity index (χ2v) is 5.46. The van der Waals surface area contributed by atoms with Crippen molar-refractivity contribution in [3.8, 4) is 0 Å². The van der Waals surface area contributed by atoms with Gasteiger partial charge in [0.2, 0.25) is 0 Å². The van der Waals surface area contributed by atoms with Crippen LogP contribution in [0.15, 0.2) is 0 Å². The molecule has 1 heterocycles. The van der Waals surface area contributed by atoms with Crippen LogP contribution in [0.4, 0.5) is 0 Å². The third-order valence-electron chi connectivity index (χ3n) is 3.53. The fourth-order valence-electron chi connectivity index (χ4n) is 2.81. The first kappa shape index (κ1) is 13.0. The van der Waals surface area contributed by atoms with Crippen molar-refractivity contribution in [1.82, 2.24) is 10.2 Å². The first-order valence-electron chi connectivity index (χ1n) is 6.53. The average molecular weight is 212 g/mol. The van der Waals surface area contributed by atoms with Crippen LogP contribution in [-0.4, -0.2) is 37.6 Å². The molecule has 0 aliphatic carbocycles. The molecule has 0 radical (unpaired) electrons. The van der Waals surface area contributed by atoms with Gasteiger partial charge in [0.15, 0.2) is 0 Å². The maximum absolute atomic E-state index is 3.27. The number of nitrogens with one attached hydrogen (secondary N) is 1. The summed E-state index contributed by atoms with van der Waals surface area (Å²) in [6, 6.07) is 0.832. The molecule has 0 amide bonds. The Morgan fingerprint density at radius 3 is 2.60 bits per heavy atom. The minimum absolute atomic E-state index is 0.773. The molecule has 0 aromatic heterocycles. The van der Waals surface area contributed by atoms with Crippen molar-refractivity contribution in [3.63, 3.8) is 0 Å². The Morgan fingerprint density at radius 1 is 1.27 bits per heavy atom. The van der Waals surface area contributed by atoms with Gasteiger partial charge in [-0.3, -0.25) is 4.90 Å². The average Bonchev–Trinajstić information content (AvgIpc) is 2.18. The minimum atomic E-state index is 0.773. The molecule has 0 saturated carbocycles. The molecule has 0 bridgehead atoms. The van der Waals surface area contributed by atoms with Crippen LogP contribution >= 0.6 is 0 Å². The molecule has 1 rings (SSSR count). The Bertz CT molecular complexity index is 168. The number of likely N-dealkylation sites (tertiary alicyclic amines) is 1. The molecule has 15 heavy (non-hydrogen) atoms. The minimum Gasteiger partial charge on any atom is -0.319 e. The maximum atomic E-state index is 3.27. The van der Waals surface area contributed by atoms with Gasteiger partial charge >= 0.3 is 0 Å². The van der Waals surface area contributed by atoms with Crippen molar-refractivity contribution in [2.45, 2.75) is 46.1 Å². The number of rotatable bonds is 5. The zero-order valence-electron chi connectivity index (χ0n) is 10.9. The van der Waals surface area contributed by atoms with Crippen LogP contribution in [0.2, 0.25) is 0 Å². The van der Waals surface area contributed by atoms with Crippen molar-refractivity contribution in [2.75, 3.05) is 26.7 Å². The molecule has 2 atom stereocenters. The number of hydrogen-bond acceptors (Lipinski definition) is 2. The number of piperidine rings is 1. The summed E-state index contributed by atoms with van der Waals surface area (Å²) in [5.74, 6) is 1.58. The topological polar surface area (TPSA) is 15.3 Å². The van der Waals surface area contributed by atoms with Gasteiger partial charge in [-0.15, -0.1) is 0 Å². The van der Waals surface area contributed by atoms with E-state index >= 15 is 0 Å². The summed E-state index contributed by atoms with van der Waals surface area (Å²) in [4.78, 5) is 2.72. The number of nitrogens with zero attached hydrogens (tertiary/aromatic N) is 1. The van der Waals surface area contributed by atoms with Crippen LogP contribution in [0.5, 0.6) is 0 Å². The van der Waals surface area contributed by atoms with Gasteiger partial charge in [-0.25, -0.2) is 0 Å². The highest BCUT2D eigenvalue weighted by Gasteiger charge is 2.25. The SMILES string of the molecule is CNCC(C)CN1CCCCC1C(C)C. The van der Waals surface area contributed by atoms with E-state index in [1.54, 1.807) is 0 Å². The van der Waals surface area contributed by atoms with Gasteiger partial charge in [-0.05, 0) is 44.8 Å². The molecular weight excluding hydrogens is 184 g/mol. The van der Waals surface area contributed by atoms with E-state index in [2.05, 4.69) is 31.0 Å². The monoisotopic (exact) mass is 212 g/mol. The van der Waals surface area contributed by atoms with Crippen molar-refractivity contribution in [1.29, 1.82) is 0 Å². The lowest BCUT2D eigenvalue weighted by atomic mass is 9.92. The molecule has 0 aromatic carbocycles. The summed E-state index contributed by atoms with van der Waals surface area (Å²) in [5, 5.41) is 3.27. The normalized spacial score (nSPS) is 25.8. The molecule has 0 aromatic rings. The predicted molar refractivity (Wildman–Crippen MR) is 67.1 cm³/mol. The molecule has 1 fully saturated rings. The van der Waals surface area contributed by atoms with Crippen molar-refractivity contribution in [2.24, 2.45) is 11.8 Å². The van der Waals surface area contributed by atoms with Crippen molar-refractivity contribution < 1.29 is 0 Å². The lowest BCUT2D eigenvalue weighted by Gasteiger charge is -2.39. The second kappa shape index (κ2) is 6.49. The van der Waals surface area contributed by atoms with Gasteiger partial charge in [0.1, 0.15) is 0 Å². The van der Waals surface area contributed by atoms with Crippen LogP contribution in [0.3, 0.4) is 0 Å². The molecule has 2 nitrogen and oxygen atoms in total. The zero-order valence-corrected chi connectivity index (χ0v) is 10.9. The Morgan fingerprint density at radius 2 is 2.00 bits per heavy atom. The van der Waals surface area contributed by atoms with Crippen LogP contribution in [0.1, 0.15) is 40.0 Å². The van der Waals surface area contributed by atoms with Crippen LogP contribution < -0.4 is 5.32 Å². The van der Waals surface area contributed by atoms with Crippen LogP contribution in [-0.2, 0) is 0 Å². The van der Waals surface area contributed by atoms with E-state index in [0.29, 0.717) is 0 Å². The molecule has 1 N–H and O–H groups in total. The van der Waals surface area contributed by atoms with E-state index in [1.807, 2.05) is 7.05 Å². The summed E-state index contributed by atoms with van der Waals surface area (Å²) in [6.07, 6.45) is 4.24. The first-order chi connectivity index (χ1) is 7.15. The highest BCUT2D eigenvalue weighted by Crippen LogP contribution is 2.23. The Kier molecular flexibility index (Phi) is 5.62. The summed E-state index contributed by atoms with van der Waals surface area (Å²) in [5.41, 5.74) is 0. The molecule has 1 aliphatic heterocycles. The second-order valence-electron chi connectivity index (χ2n) is 5.46. The highest BCUT2D eigenvalue weighted by molar-refractivity contribution is 4.80. The Labute approximate surface area is 95.4 Å². The van der Waals surface area contributed by atoms with Crippen LogP contribution in [0, 0.1) is 11.8 Å². The summed E-state index contributed by atoms with van der Waals surface area (Å²) in [6.45, 7) is 10.8. The van der Waals surface area contributed by atoms with Gasteiger partial charge in [-0.2, -0.15) is 0 Å². The Hall–Kier alpha value is -0.0800. The first-order valence-corrected chi connectivity index (χ1v) is 6.53. The Balaban J connectivity index is 2.42. The van der Waals surface area contributed by atoms with E-state index in [4.69, 9.17) is 0 Å². The molecule has 90 valence electrons. The van der Waals surface area contributed by atoms with E-state index < -0.39 is 0 Å². The van der Waals surface area contributed by atoms with Gasteiger partial charge in [0.25, 0.3) is 0 Å². The van der Waals surface area contributed by atoms with Gasteiger partial charge in [0.05, 0.1) is 0 Å². The van der Waals surface area contributed by atoms with E-state index in [-0.39, 0.29) is 0 Å². The third kappa shape index (κ3) is 4.12. The smallest absolute Gasteiger partial charge is 0.0118 e. The van der Waals surface area contributed by atoms with E-state index in [0.717, 1.165) is 24.4 Å². The summed E-state index contributed by atoms with van der Waals surface area (Å²) in [7, 11) is 2.05. The lowest BCUT2D eigenvalue weighted by molar-refractivity contribution is 0.0962. The maximum Gasteiger partial charge on any atom is 0.0118 e. The van der Waals surface area contributed by atoms with Gasteiger partial charge < -0.3 is 5.32 Å². The van der Waals surface area contributed by atoms with E-state index in [9.17, 15) is 0 Å². The molecule has 2 heteroatoms. The zero-order chi connectivity index (χ0) is 11.3. The summed E-state index contributed by atoms with van der Waals surface area (Å²) >= 11 is 0. The van der Waals surface area contributed by atoms with Gasteiger partial charge in [-0.1, -0.05) is 27.2 Å². The van der Waals surface area contributed by atoms with Crippen molar-refractivity contribution >= 4 is 0 Å². The molecule has 1 saturated heterocycles. The van der Waals surface area contributed by atoms with E-state index in [1.165, 1.54) is 32.4 Å². The molecule has 1 aliphatic rings. The largest absolute Gasteiger partial charge is 0.319 e. The van der Waals surface area contributed by atoms with Crippen LogP contribution in [0.25, 0.3) is 0 Å². The fourth-order valence-corrected chi connectivity index (χ4v) is 2.81. The predicted octanol–water partition coefficient (Wildman–Crippen LogP) is 2.35. The quantitative estimate of drug-likeness (QED) is 0.752. The summed E-state index contributed by atoms with van der Waals surface area (Å²) < 4.78 is 0. The lowest BCUT2D eigenvalue weighted by Crippen LogP contribution is -2.45. The number of hydrogen-bond donors (Lipinski definition) is 1. The molecular formula is C13H28N2. The fraction of sp³-hybridized carbons (Fsp3) is 1.00. The molecule has 2 unspecified atom stereocenters.